The van der Waals surface area contributed by atoms with Crippen LogP contribution >= 0.6 is 24.0 Å². The van der Waals surface area contributed by atoms with Crippen LogP contribution in [0.3, 0.4) is 0 Å². The number of carbonyl (C=O) groups excluding carboxylic acids is 1. The van der Waals surface area contributed by atoms with E-state index in [1.54, 1.807) is 7.05 Å². The Labute approximate surface area is 144 Å². The lowest BCUT2D eigenvalue weighted by molar-refractivity contribution is 0.0773. The molecule has 21 heavy (non-hydrogen) atoms. The summed E-state index contributed by atoms with van der Waals surface area (Å²) in [6.45, 7) is 6.12. The Morgan fingerprint density at radius 1 is 1.19 bits per heavy atom. The van der Waals surface area contributed by atoms with Gasteiger partial charge >= 0.3 is 0 Å². The lowest BCUT2D eigenvalue weighted by atomic mass is 10.1. The van der Waals surface area contributed by atoms with Gasteiger partial charge in [0.1, 0.15) is 0 Å². The number of guanidine groups is 1. The summed E-state index contributed by atoms with van der Waals surface area (Å²) < 4.78 is 0. The number of benzene rings is 1. The summed E-state index contributed by atoms with van der Waals surface area (Å²) in [5, 5.41) is 6.13. The van der Waals surface area contributed by atoms with Gasteiger partial charge in [-0.15, -0.1) is 24.0 Å². The Hall–Kier alpha value is -1.31. The Balaban J connectivity index is 0.00000400. The van der Waals surface area contributed by atoms with Crippen LogP contribution in [-0.4, -0.2) is 44.0 Å². The lowest BCUT2D eigenvalue weighted by Gasteiger charge is -2.18. The fraction of sp³-hybridized carbons (Fsp3) is 0.467. The molecule has 0 aromatic heterocycles. The van der Waals surface area contributed by atoms with Crippen molar-refractivity contribution in [1.82, 2.24) is 15.5 Å². The normalized spacial score (nSPS) is 10.6. The van der Waals surface area contributed by atoms with E-state index in [0.29, 0.717) is 6.54 Å². The molecule has 5 nitrogen and oxygen atoms in total. The average Bonchev–Trinajstić information content (AvgIpc) is 2.50. The molecule has 0 saturated heterocycles. The number of halogens is 1. The minimum Gasteiger partial charge on any atom is -0.359 e. The van der Waals surface area contributed by atoms with Crippen molar-refractivity contribution in [3.8, 4) is 0 Å². The SMILES string of the molecule is CCN(CC)C(=O)c1ccc(CNC(=NC)NC)cc1.I. The molecule has 118 valence electrons. The van der Waals surface area contributed by atoms with Gasteiger partial charge in [-0.3, -0.25) is 9.79 Å². The standard InChI is InChI=1S/C15H24N4O.HI/c1-5-19(6-2)14(20)13-9-7-12(8-10-13)11-18-15(16-3)17-4;/h7-10H,5-6,11H2,1-4H3,(H2,16,17,18);1H. The average molecular weight is 404 g/mol. The minimum atomic E-state index is 0. The second kappa shape index (κ2) is 10.4. The maximum Gasteiger partial charge on any atom is 0.253 e. The van der Waals surface area contributed by atoms with Gasteiger partial charge in [-0.2, -0.15) is 0 Å². The molecule has 0 aliphatic heterocycles. The first-order valence-corrected chi connectivity index (χ1v) is 6.92. The van der Waals surface area contributed by atoms with Crippen LogP contribution in [0.5, 0.6) is 0 Å². The van der Waals surface area contributed by atoms with Crippen molar-refractivity contribution in [2.24, 2.45) is 4.99 Å². The Kier molecular flexibility index (Phi) is 9.77. The van der Waals surface area contributed by atoms with Crippen LogP contribution in [0.4, 0.5) is 0 Å². The Morgan fingerprint density at radius 2 is 1.76 bits per heavy atom. The molecule has 1 aromatic rings. The van der Waals surface area contributed by atoms with E-state index in [1.165, 1.54) is 0 Å². The fourth-order valence-corrected chi connectivity index (χ4v) is 1.92. The molecule has 0 bridgehead atoms. The van der Waals surface area contributed by atoms with Crippen LogP contribution in [0, 0.1) is 0 Å². The highest BCUT2D eigenvalue weighted by molar-refractivity contribution is 14.0. The van der Waals surface area contributed by atoms with Crippen LogP contribution in [0.2, 0.25) is 0 Å². The molecule has 0 fully saturated rings. The number of nitrogens with one attached hydrogen (secondary N) is 2. The molecule has 0 atom stereocenters. The maximum absolute atomic E-state index is 12.2. The first-order valence-electron chi connectivity index (χ1n) is 6.92. The van der Waals surface area contributed by atoms with Gasteiger partial charge in [-0.25, -0.2) is 0 Å². The van der Waals surface area contributed by atoms with Crippen molar-refractivity contribution in [3.05, 3.63) is 35.4 Å². The molecule has 0 aliphatic carbocycles. The fourth-order valence-electron chi connectivity index (χ4n) is 1.92. The zero-order chi connectivity index (χ0) is 15.0. The molecule has 0 saturated carbocycles. The molecule has 1 aromatic carbocycles. The number of aliphatic imine (C=N–C) groups is 1. The van der Waals surface area contributed by atoms with Crippen LogP contribution in [0.25, 0.3) is 0 Å². The van der Waals surface area contributed by atoms with Gasteiger partial charge in [-0.1, -0.05) is 12.1 Å². The van der Waals surface area contributed by atoms with Crippen molar-refractivity contribution in [3.63, 3.8) is 0 Å². The molecule has 0 heterocycles. The Bertz CT molecular complexity index is 455. The van der Waals surface area contributed by atoms with Crippen LogP contribution in [0.1, 0.15) is 29.8 Å². The summed E-state index contributed by atoms with van der Waals surface area (Å²) in [6.07, 6.45) is 0. The largest absolute Gasteiger partial charge is 0.359 e. The number of rotatable bonds is 5. The monoisotopic (exact) mass is 404 g/mol. The van der Waals surface area contributed by atoms with Crippen LogP contribution in [-0.2, 0) is 6.54 Å². The van der Waals surface area contributed by atoms with Gasteiger partial charge in [0, 0.05) is 39.3 Å². The summed E-state index contributed by atoms with van der Waals surface area (Å²) >= 11 is 0. The summed E-state index contributed by atoms with van der Waals surface area (Å²) in [5.41, 5.74) is 1.84. The minimum absolute atomic E-state index is 0. The topological polar surface area (TPSA) is 56.7 Å². The van der Waals surface area contributed by atoms with E-state index in [4.69, 9.17) is 0 Å². The van der Waals surface area contributed by atoms with Crippen molar-refractivity contribution in [1.29, 1.82) is 0 Å². The van der Waals surface area contributed by atoms with E-state index in [1.807, 2.05) is 50.1 Å². The van der Waals surface area contributed by atoms with Gasteiger partial charge < -0.3 is 15.5 Å². The Morgan fingerprint density at radius 3 is 2.19 bits per heavy atom. The third-order valence-corrected chi connectivity index (χ3v) is 3.17. The quantitative estimate of drug-likeness (QED) is 0.449. The highest BCUT2D eigenvalue weighted by Gasteiger charge is 2.11. The third kappa shape index (κ3) is 5.91. The number of hydrogen-bond donors (Lipinski definition) is 2. The van der Waals surface area contributed by atoms with E-state index in [9.17, 15) is 4.79 Å². The molecule has 0 radical (unpaired) electrons. The molecule has 0 unspecified atom stereocenters. The lowest BCUT2D eigenvalue weighted by Crippen LogP contribution is -2.34. The molecular formula is C15H25IN4O. The third-order valence-electron chi connectivity index (χ3n) is 3.17. The van der Waals surface area contributed by atoms with Gasteiger partial charge in [0.15, 0.2) is 5.96 Å². The first-order chi connectivity index (χ1) is 9.65. The van der Waals surface area contributed by atoms with Gasteiger partial charge in [-0.05, 0) is 31.5 Å². The number of hydrogen-bond acceptors (Lipinski definition) is 2. The number of carbonyl (C=O) groups is 1. The number of amides is 1. The molecule has 0 aliphatic rings. The summed E-state index contributed by atoms with van der Waals surface area (Å²) in [7, 11) is 3.55. The van der Waals surface area contributed by atoms with Gasteiger partial charge in [0.05, 0.1) is 0 Å². The smallest absolute Gasteiger partial charge is 0.253 e. The molecule has 2 N–H and O–H groups in total. The summed E-state index contributed by atoms with van der Waals surface area (Å²) in [5.74, 6) is 0.828. The summed E-state index contributed by atoms with van der Waals surface area (Å²) in [4.78, 5) is 18.0. The first kappa shape index (κ1) is 19.7. The van der Waals surface area contributed by atoms with Crippen LogP contribution < -0.4 is 10.6 Å². The number of nitrogens with zero attached hydrogens (tertiary/aromatic N) is 2. The maximum atomic E-state index is 12.2. The predicted molar refractivity (Wildman–Crippen MR) is 98.4 cm³/mol. The van der Waals surface area contributed by atoms with Crippen molar-refractivity contribution in [2.75, 3.05) is 27.2 Å². The molecule has 1 rings (SSSR count). The van der Waals surface area contributed by atoms with E-state index in [-0.39, 0.29) is 29.9 Å². The zero-order valence-electron chi connectivity index (χ0n) is 13.1. The highest BCUT2D eigenvalue weighted by Crippen LogP contribution is 2.07. The predicted octanol–water partition coefficient (Wildman–Crippen LogP) is 2.08. The van der Waals surface area contributed by atoms with E-state index >= 15 is 0 Å². The summed E-state index contributed by atoms with van der Waals surface area (Å²) in [6, 6.07) is 7.68. The van der Waals surface area contributed by atoms with E-state index < -0.39 is 0 Å². The van der Waals surface area contributed by atoms with Gasteiger partial charge in [0.25, 0.3) is 5.91 Å². The second-order valence-corrected chi connectivity index (χ2v) is 4.35. The van der Waals surface area contributed by atoms with Crippen molar-refractivity contribution < 1.29 is 4.79 Å². The van der Waals surface area contributed by atoms with E-state index in [2.05, 4.69) is 15.6 Å². The highest BCUT2D eigenvalue weighted by atomic mass is 127. The van der Waals surface area contributed by atoms with Crippen molar-refractivity contribution in [2.45, 2.75) is 20.4 Å². The molecule has 0 spiro atoms. The second-order valence-electron chi connectivity index (χ2n) is 4.35. The zero-order valence-corrected chi connectivity index (χ0v) is 15.5. The molecular weight excluding hydrogens is 379 g/mol. The van der Waals surface area contributed by atoms with Crippen LogP contribution in [0.15, 0.2) is 29.3 Å². The van der Waals surface area contributed by atoms with E-state index in [0.717, 1.165) is 30.2 Å². The van der Waals surface area contributed by atoms with Gasteiger partial charge in [0.2, 0.25) is 0 Å². The molecule has 6 heteroatoms. The van der Waals surface area contributed by atoms with Crippen molar-refractivity contribution >= 4 is 35.8 Å². The molecule has 1 amide bonds.